The molecular weight excluding hydrogens is 284 g/mol. The van der Waals surface area contributed by atoms with Gasteiger partial charge in [0, 0.05) is 31.7 Å². The highest BCUT2D eigenvalue weighted by molar-refractivity contribution is 7.88. The molecule has 116 valence electrons. The van der Waals surface area contributed by atoms with Crippen molar-refractivity contribution < 1.29 is 8.42 Å². The van der Waals surface area contributed by atoms with Crippen molar-refractivity contribution in [2.45, 2.75) is 38.3 Å². The molecule has 5 heteroatoms. The van der Waals surface area contributed by atoms with E-state index in [1.165, 1.54) is 17.4 Å². The Morgan fingerprint density at radius 2 is 2.05 bits per heavy atom. The van der Waals surface area contributed by atoms with Crippen LogP contribution >= 0.6 is 0 Å². The number of piperidine rings is 1. The van der Waals surface area contributed by atoms with Crippen molar-refractivity contribution >= 4 is 10.0 Å². The lowest BCUT2D eigenvalue weighted by Gasteiger charge is -2.45. The predicted octanol–water partition coefficient (Wildman–Crippen LogP) is 2.03. The number of sulfonamides is 1. The molecule has 0 bridgehead atoms. The summed E-state index contributed by atoms with van der Waals surface area (Å²) in [7, 11) is -3.11. The molecule has 0 aromatic heterocycles. The highest BCUT2D eigenvalue weighted by atomic mass is 32.2. The van der Waals surface area contributed by atoms with Crippen molar-refractivity contribution in [2.75, 3.05) is 25.9 Å². The third-order valence-electron chi connectivity index (χ3n) is 4.91. The van der Waals surface area contributed by atoms with Crippen molar-refractivity contribution in [3.05, 3.63) is 35.4 Å². The standard InChI is InChI=1S/C16H24N2O2S/c1-3-18(21(2,19)20)14-9-11-17-10-8-13-6-4-5-7-15(13)16(17)12-14/h4-7,14,16H,3,8-12H2,1-2H3/t14-,16+/m1/s1. The van der Waals surface area contributed by atoms with Gasteiger partial charge >= 0.3 is 0 Å². The molecule has 2 heterocycles. The van der Waals surface area contributed by atoms with Crippen LogP contribution in [0.1, 0.15) is 36.9 Å². The van der Waals surface area contributed by atoms with E-state index in [9.17, 15) is 8.42 Å². The SMILES string of the molecule is CCN([C@@H]1CCN2CCc3ccccc3[C@@H]2C1)S(C)(=O)=O. The second-order valence-electron chi connectivity index (χ2n) is 6.15. The van der Waals surface area contributed by atoms with Crippen LogP contribution in [0.4, 0.5) is 0 Å². The number of rotatable bonds is 3. The van der Waals surface area contributed by atoms with Gasteiger partial charge in [0.05, 0.1) is 6.26 Å². The number of nitrogens with zero attached hydrogens (tertiary/aromatic N) is 2. The van der Waals surface area contributed by atoms with Gasteiger partial charge in [0.1, 0.15) is 0 Å². The van der Waals surface area contributed by atoms with Crippen LogP contribution in [0, 0.1) is 0 Å². The molecule has 2 aliphatic heterocycles. The lowest BCUT2D eigenvalue weighted by Crippen LogP contribution is -2.49. The molecule has 4 nitrogen and oxygen atoms in total. The van der Waals surface area contributed by atoms with Gasteiger partial charge in [-0.05, 0) is 30.4 Å². The van der Waals surface area contributed by atoms with Gasteiger partial charge in [-0.15, -0.1) is 0 Å². The summed E-state index contributed by atoms with van der Waals surface area (Å²) in [5.74, 6) is 0. The summed E-state index contributed by atoms with van der Waals surface area (Å²) in [6, 6.07) is 9.14. The van der Waals surface area contributed by atoms with E-state index in [1.54, 1.807) is 4.31 Å². The van der Waals surface area contributed by atoms with E-state index in [0.29, 0.717) is 12.6 Å². The fraction of sp³-hybridized carbons (Fsp3) is 0.625. The lowest BCUT2D eigenvalue weighted by atomic mass is 9.85. The molecule has 0 saturated carbocycles. The maximum atomic E-state index is 12.0. The third kappa shape index (κ3) is 2.87. The molecule has 0 amide bonds. The Kier molecular flexibility index (Phi) is 4.08. The summed E-state index contributed by atoms with van der Waals surface area (Å²) in [4.78, 5) is 2.52. The van der Waals surface area contributed by atoms with Crippen LogP contribution < -0.4 is 0 Å². The Morgan fingerprint density at radius 3 is 2.76 bits per heavy atom. The molecule has 1 aromatic rings. The zero-order chi connectivity index (χ0) is 15.0. The average molecular weight is 308 g/mol. The fourth-order valence-electron chi connectivity index (χ4n) is 3.96. The molecule has 2 aliphatic rings. The predicted molar refractivity (Wildman–Crippen MR) is 84.7 cm³/mol. The number of fused-ring (bicyclic) bond motifs is 3. The van der Waals surface area contributed by atoms with E-state index in [0.717, 1.165) is 32.4 Å². The molecule has 0 spiro atoms. The van der Waals surface area contributed by atoms with E-state index in [-0.39, 0.29) is 6.04 Å². The smallest absolute Gasteiger partial charge is 0.211 e. The Hall–Kier alpha value is -0.910. The van der Waals surface area contributed by atoms with Crippen molar-refractivity contribution in [3.63, 3.8) is 0 Å². The number of hydrogen-bond donors (Lipinski definition) is 0. The monoisotopic (exact) mass is 308 g/mol. The van der Waals surface area contributed by atoms with Gasteiger partial charge in [-0.1, -0.05) is 31.2 Å². The molecule has 2 atom stereocenters. The second-order valence-corrected chi connectivity index (χ2v) is 8.08. The normalized spacial score (nSPS) is 26.4. The van der Waals surface area contributed by atoms with Crippen LogP contribution in [0.5, 0.6) is 0 Å². The minimum atomic E-state index is -3.11. The zero-order valence-corrected chi connectivity index (χ0v) is 13.6. The minimum absolute atomic E-state index is 0.136. The van der Waals surface area contributed by atoms with E-state index in [4.69, 9.17) is 0 Å². The lowest BCUT2D eigenvalue weighted by molar-refractivity contribution is 0.0922. The Labute approximate surface area is 127 Å². The molecule has 0 N–H and O–H groups in total. The molecule has 1 saturated heterocycles. The molecule has 3 rings (SSSR count). The number of hydrogen-bond acceptors (Lipinski definition) is 3. The fourth-order valence-corrected chi connectivity index (χ4v) is 5.16. The first-order valence-electron chi connectivity index (χ1n) is 7.79. The van der Waals surface area contributed by atoms with E-state index < -0.39 is 10.0 Å². The molecule has 0 unspecified atom stereocenters. The maximum Gasteiger partial charge on any atom is 0.211 e. The molecule has 1 aromatic carbocycles. The van der Waals surface area contributed by atoms with Gasteiger partial charge in [0.15, 0.2) is 0 Å². The quantitative estimate of drug-likeness (QED) is 0.858. The maximum absolute atomic E-state index is 12.0. The average Bonchev–Trinajstić information content (AvgIpc) is 2.46. The molecular formula is C16H24N2O2S. The zero-order valence-electron chi connectivity index (χ0n) is 12.8. The van der Waals surface area contributed by atoms with Crippen LogP contribution in [0.2, 0.25) is 0 Å². The Bertz CT molecular complexity index is 614. The van der Waals surface area contributed by atoms with Crippen molar-refractivity contribution in [3.8, 4) is 0 Å². The summed E-state index contributed by atoms with van der Waals surface area (Å²) in [6.45, 7) is 4.59. The molecule has 21 heavy (non-hydrogen) atoms. The Morgan fingerprint density at radius 1 is 1.29 bits per heavy atom. The van der Waals surface area contributed by atoms with Gasteiger partial charge in [0.25, 0.3) is 0 Å². The first-order valence-corrected chi connectivity index (χ1v) is 9.64. The van der Waals surface area contributed by atoms with Crippen LogP contribution in [0.3, 0.4) is 0 Å². The number of benzene rings is 1. The summed E-state index contributed by atoms with van der Waals surface area (Å²) in [6.07, 6.45) is 4.30. The van der Waals surface area contributed by atoms with E-state index in [2.05, 4.69) is 29.2 Å². The van der Waals surface area contributed by atoms with Gasteiger partial charge in [-0.3, -0.25) is 4.90 Å². The van der Waals surface area contributed by atoms with Gasteiger partial charge in [0.2, 0.25) is 10.0 Å². The summed E-state index contributed by atoms with van der Waals surface area (Å²) in [5.41, 5.74) is 2.83. The Balaban J connectivity index is 1.87. The highest BCUT2D eigenvalue weighted by Gasteiger charge is 2.37. The second kappa shape index (κ2) is 5.71. The van der Waals surface area contributed by atoms with Crippen molar-refractivity contribution in [1.82, 2.24) is 9.21 Å². The van der Waals surface area contributed by atoms with Crippen molar-refractivity contribution in [1.29, 1.82) is 0 Å². The first-order chi connectivity index (χ1) is 10.0. The van der Waals surface area contributed by atoms with Gasteiger partial charge in [-0.25, -0.2) is 8.42 Å². The largest absolute Gasteiger partial charge is 0.296 e. The summed E-state index contributed by atoms with van der Waals surface area (Å²) < 4.78 is 25.6. The molecule has 1 fully saturated rings. The van der Waals surface area contributed by atoms with Gasteiger partial charge < -0.3 is 0 Å². The van der Waals surface area contributed by atoms with Crippen LogP contribution in [0.15, 0.2) is 24.3 Å². The van der Waals surface area contributed by atoms with Crippen LogP contribution in [0.25, 0.3) is 0 Å². The first kappa shape index (κ1) is 15.0. The van der Waals surface area contributed by atoms with Crippen LogP contribution in [-0.2, 0) is 16.4 Å². The van der Waals surface area contributed by atoms with Crippen molar-refractivity contribution in [2.24, 2.45) is 0 Å². The van der Waals surface area contributed by atoms with Crippen LogP contribution in [-0.4, -0.2) is 49.6 Å². The third-order valence-corrected chi connectivity index (χ3v) is 6.32. The van der Waals surface area contributed by atoms with Gasteiger partial charge in [-0.2, -0.15) is 4.31 Å². The minimum Gasteiger partial charge on any atom is -0.296 e. The summed E-state index contributed by atoms with van der Waals surface area (Å²) >= 11 is 0. The topological polar surface area (TPSA) is 40.6 Å². The van der Waals surface area contributed by atoms with E-state index >= 15 is 0 Å². The molecule has 0 radical (unpaired) electrons. The van der Waals surface area contributed by atoms with E-state index in [1.807, 2.05) is 6.92 Å². The summed E-state index contributed by atoms with van der Waals surface area (Å²) in [5, 5.41) is 0. The molecule has 0 aliphatic carbocycles. The highest BCUT2D eigenvalue weighted by Crippen LogP contribution is 2.38.